The number of para-hydroxylation sites is 1. The molecule has 6 nitrogen and oxygen atoms in total. The number of fused-ring (bicyclic) bond motifs is 1. The van der Waals surface area contributed by atoms with Crippen molar-refractivity contribution in [3.05, 3.63) is 24.0 Å². The third kappa shape index (κ3) is 2.83. The highest BCUT2D eigenvalue weighted by atomic mass is 32.2. The molecule has 22 heavy (non-hydrogen) atoms. The van der Waals surface area contributed by atoms with Crippen molar-refractivity contribution >= 4 is 42.6 Å². The first-order valence-electron chi connectivity index (χ1n) is 6.69. The molecule has 0 spiro atoms. The summed E-state index contributed by atoms with van der Waals surface area (Å²) >= 11 is 1.16. The zero-order valence-corrected chi connectivity index (χ0v) is 13.4. The fraction of sp³-hybridized carbons (Fsp3) is 0.385. The molecule has 1 amide bonds. The summed E-state index contributed by atoms with van der Waals surface area (Å²) in [5, 5.41) is 2.87. The quantitative estimate of drug-likeness (QED) is 0.922. The number of rotatable bonds is 3. The first-order valence-corrected chi connectivity index (χ1v) is 9.35. The molecule has 0 aliphatic carbocycles. The normalized spacial score (nSPS) is 19.6. The number of halogens is 1. The highest BCUT2D eigenvalue weighted by Crippen LogP contribution is 2.28. The van der Waals surface area contributed by atoms with Crippen LogP contribution in [0.25, 0.3) is 10.2 Å². The Bertz CT molecular complexity index is 834. The van der Waals surface area contributed by atoms with Crippen molar-refractivity contribution in [2.24, 2.45) is 0 Å². The van der Waals surface area contributed by atoms with Gasteiger partial charge in [0.25, 0.3) is 0 Å². The van der Waals surface area contributed by atoms with E-state index >= 15 is 0 Å². The van der Waals surface area contributed by atoms with Crippen LogP contribution in [0.15, 0.2) is 18.2 Å². The third-order valence-corrected chi connectivity index (χ3v) is 5.76. The van der Waals surface area contributed by atoms with E-state index in [0.29, 0.717) is 24.1 Å². The van der Waals surface area contributed by atoms with Gasteiger partial charge in [-0.05, 0) is 25.0 Å². The largest absolute Gasteiger partial charge is 0.301 e. The molecular formula is C13H14FN3O3S2. The van der Waals surface area contributed by atoms with E-state index in [1.165, 1.54) is 10.4 Å². The van der Waals surface area contributed by atoms with Crippen LogP contribution in [0.1, 0.15) is 12.8 Å². The number of thiazole rings is 1. The first-order chi connectivity index (χ1) is 10.4. The Morgan fingerprint density at radius 1 is 1.50 bits per heavy atom. The molecule has 1 N–H and O–H groups in total. The van der Waals surface area contributed by atoms with Gasteiger partial charge < -0.3 is 5.32 Å². The van der Waals surface area contributed by atoms with Crippen LogP contribution in [0.3, 0.4) is 0 Å². The minimum atomic E-state index is -3.42. The summed E-state index contributed by atoms with van der Waals surface area (Å²) in [6, 6.07) is 3.86. The van der Waals surface area contributed by atoms with Gasteiger partial charge in [0, 0.05) is 6.54 Å². The molecule has 1 aliphatic rings. The van der Waals surface area contributed by atoms with Crippen molar-refractivity contribution in [3.8, 4) is 0 Å². The van der Waals surface area contributed by atoms with Crippen LogP contribution in [-0.2, 0) is 14.8 Å². The Kier molecular flexibility index (Phi) is 3.87. The lowest BCUT2D eigenvalue weighted by Gasteiger charge is -2.20. The van der Waals surface area contributed by atoms with E-state index < -0.39 is 27.8 Å². The second-order valence-corrected chi connectivity index (χ2v) is 8.09. The van der Waals surface area contributed by atoms with E-state index in [-0.39, 0.29) is 10.6 Å². The Labute approximate surface area is 131 Å². The number of aromatic nitrogens is 1. The van der Waals surface area contributed by atoms with Gasteiger partial charge in [-0.1, -0.05) is 17.4 Å². The number of amides is 1. The predicted molar refractivity (Wildman–Crippen MR) is 82.8 cm³/mol. The van der Waals surface area contributed by atoms with Crippen LogP contribution in [-0.4, -0.2) is 42.5 Å². The number of sulfonamides is 1. The molecule has 2 heterocycles. The van der Waals surface area contributed by atoms with Gasteiger partial charge in [-0.15, -0.1) is 0 Å². The van der Waals surface area contributed by atoms with E-state index in [9.17, 15) is 17.6 Å². The molecule has 2 aromatic rings. The van der Waals surface area contributed by atoms with Crippen molar-refractivity contribution in [2.45, 2.75) is 18.9 Å². The lowest BCUT2D eigenvalue weighted by atomic mass is 10.2. The maximum absolute atomic E-state index is 13.6. The van der Waals surface area contributed by atoms with Gasteiger partial charge in [0.15, 0.2) is 5.13 Å². The summed E-state index contributed by atoms with van der Waals surface area (Å²) in [4.78, 5) is 16.3. The predicted octanol–water partition coefficient (Wildman–Crippen LogP) is 1.80. The van der Waals surface area contributed by atoms with Crippen LogP contribution in [0, 0.1) is 5.82 Å². The van der Waals surface area contributed by atoms with Crippen LogP contribution in [0.5, 0.6) is 0 Å². The molecule has 9 heteroatoms. The molecule has 1 aliphatic heterocycles. The van der Waals surface area contributed by atoms with Crippen LogP contribution in [0.4, 0.5) is 9.52 Å². The number of anilines is 1. The molecule has 118 valence electrons. The molecule has 1 saturated heterocycles. The highest BCUT2D eigenvalue weighted by molar-refractivity contribution is 7.88. The summed E-state index contributed by atoms with van der Waals surface area (Å²) < 4.78 is 38.8. The summed E-state index contributed by atoms with van der Waals surface area (Å²) in [5.74, 6) is -0.879. The van der Waals surface area contributed by atoms with Crippen LogP contribution in [0.2, 0.25) is 0 Å². The summed E-state index contributed by atoms with van der Waals surface area (Å²) in [6.45, 7) is 0.339. The maximum Gasteiger partial charge on any atom is 0.244 e. The minimum Gasteiger partial charge on any atom is -0.301 e. The summed E-state index contributed by atoms with van der Waals surface area (Å²) in [5.41, 5.74) is 0.203. The number of nitrogens with one attached hydrogen (secondary N) is 1. The van der Waals surface area contributed by atoms with Crippen molar-refractivity contribution in [2.75, 3.05) is 18.1 Å². The SMILES string of the molecule is CS(=O)(=O)N1CCC[C@@H]1C(=O)Nc1nc2c(F)cccc2s1. The Balaban J connectivity index is 1.82. The number of carbonyl (C=O) groups is 1. The average molecular weight is 343 g/mol. The zero-order valence-electron chi connectivity index (χ0n) is 11.7. The van der Waals surface area contributed by atoms with Crippen molar-refractivity contribution in [1.82, 2.24) is 9.29 Å². The van der Waals surface area contributed by atoms with Crippen LogP contribution < -0.4 is 5.32 Å². The molecule has 0 saturated carbocycles. The highest BCUT2D eigenvalue weighted by Gasteiger charge is 2.36. The third-order valence-electron chi connectivity index (χ3n) is 3.53. The molecule has 1 aromatic heterocycles. The van der Waals surface area contributed by atoms with E-state index in [4.69, 9.17) is 0 Å². The number of benzene rings is 1. The monoisotopic (exact) mass is 343 g/mol. The lowest BCUT2D eigenvalue weighted by molar-refractivity contribution is -0.119. The maximum atomic E-state index is 13.6. The summed E-state index contributed by atoms with van der Waals surface area (Å²) in [7, 11) is -3.42. The Hall–Kier alpha value is -1.58. The Morgan fingerprint density at radius 3 is 2.95 bits per heavy atom. The van der Waals surface area contributed by atoms with E-state index in [0.717, 1.165) is 17.6 Å². The molecule has 1 aromatic carbocycles. The fourth-order valence-corrected chi connectivity index (χ4v) is 4.56. The average Bonchev–Trinajstić information content (AvgIpc) is 3.04. The number of nitrogens with zero attached hydrogens (tertiary/aromatic N) is 2. The summed E-state index contributed by atoms with van der Waals surface area (Å²) in [6.07, 6.45) is 2.20. The molecule has 0 bridgehead atoms. The Morgan fingerprint density at radius 2 is 2.27 bits per heavy atom. The smallest absolute Gasteiger partial charge is 0.244 e. The standard InChI is InChI=1S/C13H14FN3O3S2/c1-22(19,20)17-7-3-5-9(17)12(18)16-13-15-11-8(14)4-2-6-10(11)21-13/h2,4,6,9H,3,5,7H2,1H3,(H,15,16,18)/t9-/m1/s1. The number of hydrogen-bond donors (Lipinski definition) is 1. The second-order valence-electron chi connectivity index (χ2n) is 5.13. The van der Waals surface area contributed by atoms with E-state index in [2.05, 4.69) is 10.3 Å². The zero-order chi connectivity index (χ0) is 15.9. The van der Waals surface area contributed by atoms with Gasteiger partial charge in [0.05, 0.1) is 11.0 Å². The van der Waals surface area contributed by atoms with Gasteiger partial charge in [0.2, 0.25) is 15.9 Å². The molecular weight excluding hydrogens is 329 g/mol. The van der Waals surface area contributed by atoms with Gasteiger partial charge in [-0.3, -0.25) is 4.79 Å². The fourth-order valence-electron chi connectivity index (χ4n) is 2.56. The van der Waals surface area contributed by atoms with Crippen LogP contribution >= 0.6 is 11.3 Å². The number of carbonyl (C=O) groups excluding carboxylic acids is 1. The molecule has 0 unspecified atom stereocenters. The van der Waals surface area contributed by atoms with E-state index in [1.807, 2.05) is 0 Å². The van der Waals surface area contributed by atoms with Gasteiger partial charge in [-0.2, -0.15) is 4.31 Å². The van der Waals surface area contributed by atoms with Gasteiger partial charge >= 0.3 is 0 Å². The van der Waals surface area contributed by atoms with Gasteiger partial charge in [0.1, 0.15) is 17.4 Å². The molecule has 1 fully saturated rings. The van der Waals surface area contributed by atoms with Crippen molar-refractivity contribution < 1.29 is 17.6 Å². The first kappa shape index (κ1) is 15.3. The lowest BCUT2D eigenvalue weighted by Crippen LogP contribution is -2.42. The van der Waals surface area contributed by atoms with Crippen molar-refractivity contribution in [1.29, 1.82) is 0 Å². The topological polar surface area (TPSA) is 79.4 Å². The molecule has 0 radical (unpaired) electrons. The van der Waals surface area contributed by atoms with Crippen molar-refractivity contribution in [3.63, 3.8) is 0 Å². The number of hydrogen-bond acceptors (Lipinski definition) is 5. The molecule has 3 rings (SSSR count). The molecule has 1 atom stereocenters. The second kappa shape index (κ2) is 5.56. The minimum absolute atomic E-state index is 0.203. The van der Waals surface area contributed by atoms with Gasteiger partial charge in [-0.25, -0.2) is 17.8 Å². The van der Waals surface area contributed by atoms with E-state index in [1.54, 1.807) is 12.1 Å².